The van der Waals surface area contributed by atoms with Crippen LogP contribution in [0.4, 0.5) is 0 Å². The number of hydrogen-bond donors (Lipinski definition) is 2. The van der Waals surface area contributed by atoms with Crippen LogP contribution in [0.1, 0.15) is 48.7 Å². The number of furan rings is 1. The van der Waals surface area contributed by atoms with E-state index in [2.05, 4.69) is 12.2 Å². The number of rotatable bonds is 8. The average molecular weight is 313 g/mol. The van der Waals surface area contributed by atoms with Crippen LogP contribution in [0.3, 0.4) is 0 Å². The van der Waals surface area contributed by atoms with Crippen molar-refractivity contribution < 1.29 is 4.42 Å². The van der Waals surface area contributed by atoms with Crippen molar-refractivity contribution >= 4 is 22.9 Å². The zero-order valence-electron chi connectivity index (χ0n) is 11.6. The molecule has 0 amide bonds. The molecule has 2 unspecified atom stereocenters. The minimum atomic E-state index is 0.0466. The summed E-state index contributed by atoms with van der Waals surface area (Å²) in [5, 5.41) is 3.55. The molecule has 3 N–H and O–H groups in total. The van der Waals surface area contributed by atoms with Crippen molar-refractivity contribution in [2.75, 3.05) is 6.54 Å². The highest BCUT2D eigenvalue weighted by Gasteiger charge is 2.15. The summed E-state index contributed by atoms with van der Waals surface area (Å²) in [6.45, 7) is 3.16. The van der Waals surface area contributed by atoms with Crippen molar-refractivity contribution in [1.29, 1.82) is 0 Å². The predicted octanol–water partition coefficient (Wildman–Crippen LogP) is 4.52. The van der Waals surface area contributed by atoms with Crippen LogP contribution in [0, 0.1) is 0 Å². The van der Waals surface area contributed by atoms with Gasteiger partial charge in [-0.1, -0.05) is 18.5 Å². The Morgan fingerprint density at radius 1 is 1.35 bits per heavy atom. The van der Waals surface area contributed by atoms with Crippen LogP contribution in [0.5, 0.6) is 0 Å². The van der Waals surface area contributed by atoms with E-state index in [0.717, 1.165) is 35.0 Å². The van der Waals surface area contributed by atoms with E-state index in [1.807, 2.05) is 18.2 Å². The highest BCUT2D eigenvalue weighted by Crippen LogP contribution is 2.30. The molecule has 0 spiro atoms. The topological polar surface area (TPSA) is 51.2 Å². The maximum Gasteiger partial charge on any atom is 0.0950 e. The van der Waals surface area contributed by atoms with Gasteiger partial charge in [-0.25, -0.2) is 0 Å². The van der Waals surface area contributed by atoms with Gasteiger partial charge in [0.25, 0.3) is 0 Å². The molecule has 20 heavy (non-hydrogen) atoms. The van der Waals surface area contributed by atoms with Crippen molar-refractivity contribution in [2.24, 2.45) is 5.73 Å². The molecule has 2 rings (SSSR count). The smallest absolute Gasteiger partial charge is 0.0950 e. The first-order valence-corrected chi connectivity index (χ1v) is 8.16. The summed E-state index contributed by atoms with van der Waals surface area (Å²) in [5.74, 6) is 0. The van der Waals surface area contributed by atoms with Gasteiger partial charge in [0.05, 0.1) is 16.9 Å². The quantitative estimate of drug-likeness (QED) is 0.753. The fourth-order valence-corrected chi connectivity index (χ4v) is 3.29. The predicted molar refractivity (Wildman–Crippen MR) is 85.2 cm³/mol. The normalized spacial score (nSPS) is 14.3. The maximum atomic E-state index is 6.24. The Morgan fingerprint density at radius 3 is 2.80 bits per heavy atom. The SMILES string of the molecule is CCCNC(CCC(N)c1ccc(Cl)s1)c1ccoc1. The zero-order valence-corrected chi connectivity index (χ0v) is 13.2. The highest BCUT2D eigenvalue weighted by atomic mass is 35.5. The van der Waals surface area contributed by atoms with Gasteiger partial charge in [-0.15, -0.1) is 11.3 Å². The Hall–Kier alpha value is -0.810. The highest BCUT2D eigenvalue weighted by molar-refractivity contribution is 7.16. The lowest BCUT2D eigenvalue weighted by Crippen LogP contribution is -2.23. The monoisotopic (exact) mass is 312 g/mol. The molecule has 0 aliphatic rings. The van der Waals surface area contributed by atoms with Gasteiger partial charge in [0.15, 0.2) is 0 Å². The summed E-state index contributed by atoms with van der Waals surface area (Å²) in [6.07, 6.45) is 6.54. The first-order valence-electron chi connectivity index (χ1n) is 6.97. The second-order valence-corrected chi connectivity index (χ2v) is 6.64. The number of nitrogens with one attached hydrogen (secondary N) is 1. The van der Waals surface area contributed by atoms with Crippen molar-refractivity contribution in [3.8, 4) is 0 Å². The van der Waals surface area contributed by atoms with Gasteiger partial charge >= 0.3 is 0 Å². The summed E-state index contributed by atoms with van der Waals surface area (Å²) < 4.78 is 5.98. The first-order chi connectivity index (χ1) is 9.70. The van der Waals surface area contributed by atoms with E-state index in [1.54, 1.807) is 23.9 Å². The average Bonchev–Trinajstić information content (AvgIpc) is 3.10. The third-order valence-electron chi connectivity index (χ3n) is 3.31. The number of thiophene rings is 1. The molecule has 0 fully saturated rings. The van der Waals surface area contributed by atoms with Crippen LogP contribution in [0.15, 0.2) is 35.1 Å². The molecule has 5 heteroatoms. The molecule has 2 aromatic rings. The van der Waals surface area contributed by atoms with E-state index in [9.17, 15) is 0 Å². The van der Waals surface area contributed by atoms with Crippen LogP contribution in [0.25, 0.3) is 0 Å². The zero-order chi connectivity index (χ0) is 14.4. The number of halogens is 1. The Balaban J connectivity index is 1.91. The molecule has 2 atom stereocenters. The molecular formula is C15H21ClN2OS. The molecule has 0 aromatic carbocycles. The minimum absolute atomic E-state index is 0.0466. The van der Waals surface area contributed by atoms with Gasteiger partial charge in [0.2, 0.25) is 0 Å². The molecule has 2 heterocycles. The van der Waals surface area contributed by atoms with E-state index >= 15 is 0 Å². The van der Waals surface area contributed by atoms with Crippen molar-refractivity contribution in [2.45, 2.75) is 38.3 Å². The Labute approximate surface area is 129 Å². The van der Waals surface area contributed by atoms with E-state index in [0.29, 0.717) is 6.04 Å². The molecular weight excluding hydrogens is 292 g/mol. The molecule has 0 saturated heterocycles. The summed E-state index contributed by atoms with van der Waals surface area (Å²) in [7, 11) is 0. The second kappa shape index (κ2) is 7.84. The van der Waals surface area contributed by atoms with Crippen molar-refractivity contribution in [1.82, 2.24) is 5.32 Å². The van der Waals surface area contributed by atoms with E-state index in [1.165, 1.54) is 5.56 Å². The molecule has 0 bridgehead atoms. The summed E-state index contributed by atoms with van der Waals surface area (Å²) in [4.78, 5) is 1.15. The lowest BCUT2D eigenvalue weighted by atomic mass is 10.0. The molecule has 0 radical (unpaired) electrons. The minimum Gasteiger partial charge on any atom is -0.472 e. The van der Waals surface area contributed by atoms with E-state index < -0.39 is 0 Å². The van der Waals surface area contributed by atoms with Crippen molar-refractivity contribution in [3.05, 3.63) is 45.5 Å². The van der Waals surface area contributed by atoms with Crippen LogP contribution in [0.2, 0.25) is 4.34 Å². The van der Waals surface area contributed by atoms with Crippen LogP contribution >= 0.6 is 22.9 Å². The van der Waals surface area contributed by atoms with Crippen LogP contribution < -0.4 is 11.1 Å². The first kappa shape index (κ1) is 15.6. The third kappa shape index (κ3) is 4.35. The van der Waals surface area contributed by atoms with E-state index in [4.69, 9.17) is 21.8 Å². The van der Waals surface area contributed by atoms with Gasteiger partial charge < -0.3 is 15.5 Å². The van der Waals surface area contributed by atoms with Crippen LogP contribution in [-0.4, -0.2) is 6.54 Å². The van der Waals surface area contributed by atoms with E-state index in [-0.39, 0.29) is 6.04 Å². The molecule has 110 valence electrons. The van der Waals surface area contributed by atoms with Gasteiger partial charge in [0.1, 0.15) is 0 Å². The lowest BCUT2D eigenvalue weighted by molar-refractivity contribution is 0.455. The molecule has 0 aliphatic carbocycles. The Bertz CT molecular complexity index is 498. The van der Waals surface area contributed by atoms with Crippen LogP contribution in [-0.2, 0) is 0 Å². The second-order valence-electron chi connectivity index (χ2n) is 4.89. The largest absolute Gasteiger partial charge is 0.472 e. The number of hydrogen-bond acceptors (Lipinski definition) is 4. The van der Waals surface area contributed by atoms with Gasteiger partial charge in [-0.2, -0.15) is 0 Å². The molecule has 2 aromatic heterocycles. The third-order valence-corrected chi connectivity index (χ3v) is 4.68. The van der Waals surface area contributed by atoms with Gasteiger partial charge in [0, 0.05) is 22.5 Å². The molecule has 0 saturated carbocycles. The molecule has 0 aliphatic heterocycles. The summed E-state index contributed by atoms with van der Waals surface area (Å²) in [5.41, 5.74) is 7.43. The fraction of sp³-hybridized carbons (Fsp3) is 0.467. The summed E-state index contributed by atoms with van der Waals surface area (Å²) in [6, 6.07) is 6.29. The maximum absolute atomic E-state index is 6.24. The van der Waals surface area contributed by atoms with Gasteiger partial charge in [-0.3, -0.25) is 0 Å². The lowest BCUT2D eigenvalue weighted by Gasteiger charge is -2.19. The van der Waals surface area contributed by atoms with Crippen molar-refractivity contribution in [3.63, 3.8) is 0 Å². The number of nitrogens with two attached hydrogens (primary N) is 1. The summed E-state index contributed by atoms with van der Waals surface area (Å²) >= 11 is 7.52. The molecule has 3 nitrogen and oxygen atoms in total. The van der Waals surface area contributed by atoms with Gasteiger partial charge in [-0.05, 0) is 44.0 Å². The Morgan fingerprint density at radius 2 is 2.20 bits per heavy atom. The fourth-order valence-electron chi connectivity index (χ4n) is 2.19. The standard InChI is InChI=1S/C15H21ClN2OS/c1-2-8-18-13(11-7-9-19-10-11)4-3-12(17)14-5-6-15(16)20-14/h5-7,9-10,12-13,18H,2-4,8,17H2,1H3. The Kier molecular flexibility index (Phi) is 6.10.